The molecule has 0 amide bonds. The van der Waals surface area contributed by atoms with Crippen LogP contribution in [-0.2, 0) is 14.8 Å². The van der Waals surface area contributed by atoms with Crippen molar-refractivity contribution in [1.82, 2.24) is 9.19 Å². The van der Waals surface area contributed by atoms with Crippen molar-refractivity contribution in [1.29, 1.82) is 0 Å². The number of carbonyl (C=O) groups is 1. The van der Waals surface area contributed by atoms with E-state index >= 15 is 0 Å². The lowest BCUT2D eigenvalue weighted by molar-refractivity contribution is -0.116. The minimum Gasteiger partial charge on any atom is -0.295 e. The Balaban J connectivity index is 2.55. The summed E-state index contributed by atoms with van der Waals surface area (Å²) < 4.78 is 24.4. The molecule has 1 aromatic heterocycles. The van der Waals surface area contributed by atoms with Gasteiger partial charge in [-0.25, -0.2) is 8.42 Å². The van der Waals surface area contributed by atoms with Crippen LogP contribution in [0, 0.1) is 12.8 Å². The molecule has 1 atom stereocenters. The Bertz CT molecular complexity index is 754. The number of allylic oxidation sites excluding steroid dienone is 3. The Morgan fingerprint density at radius 1 is 1.38 bits per heavy atom. The summed E-state index contributed by atoms with van der Waals surface area (Å²) in [6.45, 7) is 9.36. The van der Waals surface area contributed by atoms with Gasteiger partial charge in [-0.1, -0.05) is 12.2 Å². The lowest BCUT2D eigenvalue weighted by Gasteiger charge is -2.25. The van der Waals surface area contributed by atoms with Crippen LogP contribution in [0.2, 0.25) is 0 Å². The summed E-state index contributed by atoms with van der Waals surface area (Å²) >= 11 is 0. The van der Waals surface area contributed by atoms with Gasteiger partial charge in [0.2, 0.25) is 0 Å². The van der Waals surface area contributed by atoms with Crippen LogP contribution >= 0.6 is 0 Å². The number of hydrogen-bond acceptors (Lipinski definition) is 4. The minimum absolute atomic E-state index is 0.0933. The van der Waals surface area contributed by atoms with E-state index in [1.54, 1.807) is 13.8 Å². The van der Waals surface area contributed by atoms with E-state index in [9.17, 15) is 13.2 Å². The third kappa shape index (κ3) is 2.85. The Morgan fingerprint density at radius 3 is 2.48 bits per heavy atom. The smallest absolute Gasteiger partial charge is 0.251 e. The maximum absolute atomic E-state index is 12.2. The topological polar surface area (TPSA) is 69.0 Å². The number of carbonyl (C=O) groups excluding carboxylic acids is 1. The Morgan fingerprint density at radius 2 is 2.00 bits per heavy atom. The summed E-state index contributed by atoms with van der Waals surface area (Å²) in [5.41, 5.74) is 3.83. The zero-order chi connectivity index (χ0) is 15.9. The van der Waals surface area contributed by atoms with Crippen LogP contribution in [0.3, 0.4) is 0 Å². The molecule has 0 bridgehead atoms. The van der Waals surface area contributed by atoms with Crippen LogP contribution in [-0.4, -0.2) is 29.6 Å². The van der Waals surface area contributed by atoms with E-state index in [0.717, 1.165) is 27.1 Å². The third-order valence-electron chi connectivity index (χ3n) is 4.06. The number of hydrogen-bond donors (Lipinski definition) is 0. The largest absolute Gasteiger partial charge is 0.295 e. The summed E-state index contributed by atoms with van der Waals surface area (Å²) in [5, 5.41) is 3.95. The standard InChI is InChI=1S/C15H20N2O3S/c1-9(2)12-6-13(10(3)15(18)7-12)14-8-16-17(11(14)4)21(5,19)20/h8,12H,1,6-7H2,2-5H3. The molecule has 1 aromatic rings. The molecule has 0 aliphatic heterocycles. The lowest BCUT2D eigenvalue weighted by Crippen LogP contribution is -2.19. The van der Waals surface area contributed by atoms with Gasteiger partial charge in [0, 0.05) is 12.0 Å². The van der Waals surface area contributed by atoms with Crippen molar-refractivity contribution in [3.8, 4) is 0 Å². The first-order valence-electron chi connectivity index (χ1n) is 6.76. The van der Waals surface area contributed by atoms with Gasteiger partial charge in [0.15, 0.2) is 5.78 Å². The van der Waals surface area contributed by atoms with Crippen LogP contribution in [0.5, 0.6) is 0 Å². The van der Waals surface area contributed by atoms with E-state index in [2.05, 4.69) is 11.7 Å². The molecule has 21 heavy (non-hydrogen) atoms. The molecule has 0 radical (unpaired) electrons. The van der Waals surface area contributed by atoms with Crippen LogP contribution in [0.25, 0.3) is 5.57 Å². The highest BCUT2D eigenvalue weighted by Crippen LogP contribution is 2.37. The fourth-order valence-corrected chi connectivity index (χ4v) is 3.52. The number of aromatic nitrogens is 2. The first-order chi connectivity index (χ1) is 9.62. The van der Waals surface area contributed by atoms with Crippen molar-refractivity contribution in [2.24, 2.45) is 5.92 Å². The summed E-state index contributed by atoms with van der Waals surface area (Å²) in [6.07, 6.45) is 3.82. The predicted molar refractivity (Wildman–Crippen MR) is 82.3 cm³/mol. The average molecular weight is 308 g/mol. The monoisotopic (exact) mass is 308 g/mol. The quantitative estimate of drug-likeness (QED) is 0.804. The molecule has 0 N–H and O–H groups in total. The van der Waals surface area contributed by atoms with E-state index in [1.807, 2.05) is 6.92 Å². The molecule has 1 unspecified atom stereocenters. The molecule has 6 heteroatoms. The van der Waals surface area contributed by atoms with Gasteiger partial charge in [0.1, 0.15) is 0 Å². The zero-order valence-corrected chi connectivity index (χ0v) is 13.6. The molecule has 5 nitrogen and oxygen atoms in total. The highest BCUT2D eigenvalue weighted by molar-refractivity contribution is 7.89. The normalized spacial score (nSPS) is 20.0. The molecule has 2 rings (SSSR count). The van der Waals surface area contributed by atoms with Crippen LogP contribution in [0.1, 0.15) is 37.9 Å². The molecule has 0 saturated carbocycles. The molecule has 0 fully saturated rings. The van der Waals surface area contributed by atoms with Gasteiger partial charge in [0.25, 0.3) is 10.0 Å². The number of ketones is 1. The van der Waals surface area contributed by atoms with Crippen molar-refractivity contribution in [2.45, 2.75) is 33.6 Å². The second-order valence-electron chi connectivity index (χ2n) is 5.73. The van der Waals surface area contributed by atoms with E-state index in [4.69, 9.17) is 0 Å². The highest BCUT2D eigenvalue weighted by Gasteiger charge is 2.28. The van der Waals surface area contributed by atoms with Crippen LogP contribution in [0.15, 0.2) is 23.9 Å². The summed E-state index contributed by atoms with van der Waals surface area (Å²) in [6, 6.07) is 0. The highest BCUT2D eigenvalue weighted by atomic mass is 32.2. The van der Waals surface area contributed by atoms with E-state index in [0.29, 0.717) is 24.1 Å². The Labute approximate surface area is 125 Å². The predicted octanol–water partition coefficient (Wildman–Crippen LogP) is 2.33. The minimum atomic E-state index is -3.43. The molecule has 114 valence electrons. The molecule has 0 aromatic carbocycles. The first kappa shape index (κ1) is 15.7. The van der Waals surface area contributed by atoms with Gasteiger partial charge in [-0.05, 0) is 44.3 Å². The van der Waals surface area contributed by atoms with Crippen molar-refractivity contribution in [3.05, 3.63) is 35.2 Å². The molecule has 1 aliphatic carbocycles. The van der Waals surface area contributed by atoms with E-state index < -0.39 is 10.0 Å². The molecular weight excluding hydrogens is 288 g/mol. The van der Waals surface area contributed by atoms with Crippen LogP contribution in [0.4, 0.5) is 0 Å². The van der Waals surface area contributed by atoms with Crippen molar-refractivity contribution in [3.63, 3.8) is 0 Å². The zero-order valence-electron chi connectivity index (χ0n) is 12.8. The van der Waals surface area contributed by atoms with Gasteiger partial charge in [-0.15, -0.1) is 0 Å². The third-order valence-corrected chi connectivity index (χ3v) is 5.05. The second-order valence-corrected chi connectivity index (χ2v) is 7.54. The van der Waals surface area contributed by atoms with Gasteiger partial charge >= 0.3 is 0 Å². The fourth-order valence-electron chi connectivity index (χ4n) is 2.70. The summed E-state index contributed by atoms with van der Waals surface area (Å²) in [4.78, 5) is 12.2. The van der Waals surface area contributed by atoms with E-state index in [1.165, 1.54) is 6.20 Å². The Hall–Kier alpha value is -1.69. The average Bonchev–Trinajstić information content (AvgIpc) is 2.74. The molecule has 1 aliphatic rings. The van der Waals surface area contributed by atoms with Gasteiger partial charge in [0.05, 0.1) is 18.1 Å². The molecular formula is C15H20N2O3S. The number of Topliss-reactive ketones (excluding diaryl/α,β-unsaturated/α-hetero) is 1. The van der Waals surface area contributed by atoms with Crippen molar-refractivity contribution < 1.29 is 13.2 Å². The first-order valence-corrected chi connectivity index (χ1v) is 8.61. The van der Waals surface area contributed by atoms with Crippen LogP contribution < -0.4 is 0 Å². The SMILES string of the molecule is C=C(C)C1CC(=O)C(C)=C(c2cnn(S(C)(=O)=O)c2C)C1. The Kier molecular flexibility index (Phi) is 3.93. The maximum Gasteiger partial charge on any atom is 0.251 e. The van der Waals surface area contributed by atoms with Gasteiger partial charge < -0.3 is 0 Å². The maximum atomic E-state index is 12.2. The van der Waals surface area contributed by atoms with Gasteiger partial charge in [-0.2, -0.15) is 9.19 Å². The second kappa shape index (κ2) is 5.26. The molecule has 1 heterocycles. The van der Waals surface area contributed by atoms with Crippen molar-refractivity contribution >= 4 is 21.4 Å². The summed E-state index contributed by atoms with van der Waals surface area (Å²) in [5.74, 6) is 0.202. The molecule has 0 saturated heterocycles. The number of nitrogens with zero attached hydrogens (tertiary/aromatic N) is 2. The van der Waals surface area contributed by atoms with Gasteiger partial charge in [-0.3, -0.25) is 4.79 Å². The molecule has 0 spiro atoms. The van der Waals surface area contributed by atoms with Crippen molar-refractivity contribution in [2.75, 3.05) is 6.26 Å². The lowest BCUT2D eigenvalue weighted by atomic mass is 9.78. The fraction of sp³-hybridized carbons (Fsp3) is 0.467. The number of rotatable bonds is 3. The summed E-state index contributed by atoms with van der Waals surface area (Å²) in [7, 11) is -3.43. The van der Waals surface area contributed by atoms with E-state index in [-0.39, 0.29) is 11.7 Å².